The van der Waals surface area contributed by atoms with Gasteiger partial charge in [0.05, 0.1) is 0 Å². The van der Waals surface area contributed by atoms with Gasteiger partial charge in [-0.25, -0.2) is 5.84 Å². The molecule has 0 aromatic heterocycles. The highest BCUT2D eigenvalue weighted by Gasteiger charge is 2.23. The largest absolute Gasteiger partial charge is 0.342 e. The Hall–Kier alpha value is -0.810. The highest BCUT2D eigenvalue weighted by atomic mass is 15.4. The summed E-state index contributed by atoms with van der Waals surface area (Å²) in [6.07, 6.45) is 4.43. The first-order valence-corrected chi connectivity index (χ1v) is 5.10. The maximum Gasteiger partial charge on any atom is 0.208 e. The van der Waals surface area contributed by atoms with Crippen LogP contribution in [0.3, 0.4) is 0 Å². The Morgan fingerprint density at radius 1 is 1.36 bits per heavy atom. The average Bonchev–Trinajstić information content (AvgIpc) is 2.20. The van der Waals surface area contributed by atoms with E-state index in [9.17, 15) is 0 Å². The number of hydrazine groups is 1. The summed E-state index contributed by atoms with van der Waals surface area (Å²) < 4.78 is 0. The lowest BCUT2D eigenvalue weighted by atomic mass is 9.91. The maximum absolute atomic E-state index is 5.85. The minimum absolute atomic E-state index is 0.382. The van der Waals surface area contributed by atoms with Crippen molar-refractivity contribution in [1.82, 2.24) is 10.3 Å². The summed E-state index contributed by atoms with van der Waals surface area (Å²) in [7, 11) is 3.75. The first-order chi connectivity index (χ1) is 6.69. The summed E-state index contributed by atoms with van der Waals surface area (Å²) in [4.78, 5) is 6.18. The lowest BCUT2D eigenvalue weighted by Gasteiger charge is -2.34. The topological polar surface area (TPSA) is 79.7 Å². The van der Waals surface area contributed by atoms with Crippen molar-refractivity contribution in [3.63, 3.8) is 0 Å². The fourth-order valence-corrected chi connectivity index (χ4v) is 1.99. The quantitative estimate of drug-likeness (QED) is 0.233. The Balaban J connectivity index is 2.48. The number of hydrogen-bond acceptors (Lipinski definition) is 3. The molecule has 82 valence electrons. The Kier molecular flexibility index (Phi) is 4.16. The van der Waals surface area contributed by atoms with Crippen molar-refractivity contribution in [3.05, 3.63) is 0 Å². The molecule has 0 amide bonds. The Morgan fingerprint density at radius 3 is 2.36 bits per heavy atom. The van der Waals surface area contributed by atoms with Crippen LogP contribution in [0.15, 0.2) is 4.99 Å². The molecule has 0 atom stereocenters. The van der Waals surface area contributed by atoms with Gasteiger partial charge in [-0.2, -0.15) is 0 Å². The third-order valence-electron chi connectivity index (χ3n) is 2.96. The van der Waals surface area contributed by atoms with E-state index in [0.717, 1.165) is 31.6 Å². The number of aliphatic imine (C=N–C) groups is 1. The van der Waals surface area contributed by atoms with Crippen LogP contribution in [0.1, 0.15) is 25.7 Å². The van der Waals surface area contributed by atoms with Crippen molar-refractivity contribution in [1.29, 1.82) is 0 Å². The molecule has 1 rings (SSSR count). The fourth-order valence-electron chi connectivity index (χ4n) is 1.99. The molecule has 1 fully saturated rings. The molecule has 0 radical (unpaired) electrons. The Bertz CT molecular complexity index is 195. The molecule has 1 aliphatic rings. The number of guanidine groups is 1. The third-order valence-corrected chi connectivity index (χ3v) is 2.96. The molecular formula is C9H21N5. The van der Waals surface area contributed by atoms with Crippen LogP contribution in [-0.4, -0.2) is 37.0 Å². The molecule has 0 unspecified atom stereocenters. The molecule has 0 bridgehead atoms. The highest BCUT2D eigenvalue weighted by molar-refractivity contribution is 5.79. The second-order valence-corrected chi connectivity index (χ2v) is 3.87. The van der Waals surface area contributed by atoms with Crippen LogP contribution < -0.4 is 17.0 Å². The predicted octanol–water partition coefficient (Wildman–Crippen LogP) is -0.363. The summed E-state index contributed by atoms with van der Waals surface area (Å²) in [6, 6.07) is 0.900. The molecule has 5 heteroatoms. The van der Waals surface area contributed by atoms with E-state index in [1.165, 1.54) is 0 Å². The summed E-state index contributed by atoms with van der Waals surface area (Å²) in [5.41, 5.74) is 8.45. The van der Waals surface area contributed by atoms with E-state index in [0.29, 0.717) is 12.1 Å². The summed E-state index contributed by atoms with van der Waals surface area (Å²) in [6.45, 7) is 0. The number of nitrogens with zero attached hydrogens (tertiary/aromatic N) is 2. The maximum atomic E-state index is 5.85. The van der Waals surface area contributed by atoms with Gasteiger partial charge in [-0.1, -0.05) is 0 Å². The minimum Gasteiger partial charge on any atom is -0.342 e. The lowest BCUT2D eigenvalue weighted by Crippen LogP contribution is -2.49. The van der Waals surface area contributed by atoms with Gasteiger partial charge in [-0.05, 0) is 25.7 Å². The van der Waals surface area contributed by atoms with Gasteiger partial charge in [0, 0.05) is 26.2 Å². The molecule has 0 heterocycles. The van der Waals surface area contributed by atoms with Crippen molar-refractivity contribution in [3.8, 4) is 0 Å². The molecule has 5 N–H and O–H groups in total. The number of nitrogens with one attached hydrogen (secondary N) is 1. The SMILES string of the molecule is C/N=C(\NN)N(C)C1CCC(N)CC1. The van der Waals surface area contributed by atoms with Crippen LogP contribution >= 0.6 is 0 Å². The Morgan fingerprint density at radius 2 is 1.93 bits per heavy atom. The number of rotatable bonds is 1. The third kappa shape index (κ3) is 2.59. The average molecular weight is 199 g/mol. The van der Waals surface area contributed by atoms with E-state index < -0.39 is 0 Å². The molecule has 5 nitrogen and oxygen atoms in total. The van der Waals surface area contributed by atoms with Crippen LogP contribution in [-0.2, 0) is 0 Å². The first-order valence-electron chi connectivity index (χ1n) is 5.10. The second-order valence-electron chi connectivity index (χ2n) is 3.87. The minimum atomic E-state index is 0.382. The fraction of sp³-hybridized carbons (Fsp3) is 0.889. The van der Waals surface area contributed by atoms with E-state index in [-0.39, 0.29) is 0 Å². The Labute approximate surface area is 85.5 Å². The van der Waals surface area contributed by atoms with E-state index in [2.05, 4.69) is 15.3 Å². The molecular weight excluding hydrogens is 178 g/mol. The zero-order valence-electron chi connectivity index (χ0n) is 9.03. The highest BCUT2D eigenvalue weighted by Crippen LogP contribution is 2.20. The van der Waals surface area contributed by atoms with Gasteiger partial charge in [0.25, 0.3) is 0 Å². The molecule has 14 heavy (non-hydrogen) atoms. The zero-order chi connectivity index (χ0) is 10.6. The van der Waals surface area contributed by atoms with Gasteiger partial charge < -0.3 is 10.6 Å². The molecule has 1 aliphatic carbocycles. The molecule has 0 aliphatic heterocycles. The molecule has 0 saturated heterocycles. The van der Waals surface area contributed by atoms with E-state index >= 15 is 0 Å². The normalized spacial score (nSPS) is 28.7. The van der Waals surface area contributed by atoms with Crippen molar-refractivity contribution < 1.29 is 0 Å². The molecule has 0 spiro atoms. The van der Waals surface area contributed by atoms with E-state index in [1.54, 1.807) is 7.05 Å². The summed E-state index contributed by atoms with van der Waals surface area (Å²) >= 11 is 0. The molecule has 0 aromatic carbocycles. The second kappa shape index (κ2) is 5.17. The van der Waals surface area contributed by atoms with Gasteiger partial charge in [0.1, 0.15) is 0 Å². The summed E-state index contributed by atoms with van der Waals surface area (Å²) in [5, 5.41) is 0. The first kappa shape index (κ1) is 11.3. The number of hydrogen-bond donors (Lipinski definition) is 3. The van der Waals surface area contributed by atoms with E-state index in [4.69, 9.17) is 11.6 Å². The van der Waals surface area contributed by atoms with Crippen LogP contribution in [0.2, 0.25) is 0 Å². The predicted molar refractivity (Wildman–Crippen MR) is 58.7 cm³/mol. The van der Waals surface area contributed by atoms with Crippen molar-refractivity contribution in [2.75, 3.05) is 14.1 Å². The lowest BCUT2D eigenvalue weighted by molar-refractivity contribution is 0.256. The molecule has 0 aromatic rings. The number of nitrogens with two attached hydrogens (primary N) is 2. The summed E-state index contributed by atoms with van der Waals surface area (Å²) in [5.74, 6) is 6.11. The van der Waals surface area contributed by atoms with Crippen molar-refractivity contribution in [2.45, 2.75) is 37.8 Å². The molecule has 1 saturated carbocycles. The van der Waals surface area contributed by atoms with Crippen LogP contribution in [0.5, 0.6) is 0 Å². The van der Waals surface area contributed by atoms with Crippen LogP contribution in [0, 0.1) is 0 Å². The van der Waals surface area contributed by atoms with Crippen LogP contribution in [0.25, 0.3) is 0 Å². The zero-order valence-corrected chi connectivity index (χ0v) is 9.03. The van der Waals surface area contributed by atoms with E-state index in [1.807, 2.05) is 7.05 Å². The van der Waals surface area contributed by atoms with Crippen molar-refractivity contribution >= 4 is 5.96 Å². The van der Waals surface area contributed by atoms with Gasteiger partial charge in [-0.3, -0.25) is 10.4 Å². The van der Waals surface area contributed by atoms with Crippen LogP contribution in [0.4, 0.5) is 0 Å². The van der Waals surface area contributed by atoms with Gasteiger partial charge in [-0.15, -0.1) is 0 Å². The smallest absolute Gasteiger partial charge is 0.208 e. The van der Waals surface area contributed by atoms with Crippen molar-refractivity contribution in [2.24, 2.45) is 16.6 Å². The standard InChI is InChI=1S/C9H21N5/c1-12-9(13-11)14(2)8-5-3-7(10)4-6-8/h7-8H,3-6,10-11H2,1-2H3,(H,12,13). The monoisotopic (exact) mass is 199 g/mol. The van der Waals surface area contributed by atoms with Gasteiger partial charge >= 0.3 is 0 Å². The van der Waals surface area contributed by atoms with Gasteiger partial charge in [0.15, 0.2) is 0 Å². The van der Waals surface area contributed by atoms with Gasteiger partial charge in [0.2, 0.25) is 5.96 Å².